The van der Waals surface area contributed by atoms with Gasteiger partial charge in [-0.25, -0.2) is 14.9 Å². The van der Waals surface area contributed by atoms with Crippen LogP contribution in [0.2, 0.25) is 5.02 Å². The normalized spacial score (nSPS) is 12.6. The van der Waals surface area contributed by atoms with Crippen LogP contribution in [0.15, 0.2) is 41.4 Å². The summed E-state index contributed by atoms with van der Waals surface area (Å²) in [5, 5.41) is 11.8. The van der Waals surface area contributed by atoms with Gasteiger partial charge in [-0.05, 0) is 29.8 Å². The van der Waals surface area contributed by atoms with Crippen molar-refractivity contribution in [2.45, 2.75) is 6.42 Å². The topological polar surface area (TPSA) is 73.7 Å². The molecule has 2 aromatic carbocycles. The van der Waals surface area contributed by atoms with Crippen molar-refractivity contribution in [1.82, 2.24) is 5.48 Å². The Bertz CT molecular complexity index is 792. The van der Waals surface area contributed by atoms with Crippen molar-refractivity contribution in [3.05, 3.63) is 58.4 Å². The SMILES string of the molecule is O=C(NO)c1cccc(NC2=Nc3cc(F)c(Cl)cc3C2)c1. The number of rotatable bonds is 2. The fourth-order valence-electron chi connectivity index (χ4n) is 2.23. The Morgan fingerprint density at radius 2 is 2.14 bits per heavy atom. The summed E-state index contributed by atoms with van der Waals surface area (Å²) >= 11 is 5.76. The molecule has 0 spiro atoms. The molecule has 0 radical (unpaired) electrons. The van der Waals surface area contributed by atoms with E-state index in [1.807, 2.05) is 0 Å². The fourth-order valence-corrected chi connectivity index (χ4v) is 2.42. The van der Waals surface area contributed by atoms with Gasteiger partial charge in [-0.3, -0.25) is 10.0 Å². The van der Waals surface area contributed by atoms with E-state index in [4.69, 9.17) is 16.8 Å². The van der Waals surface area contributed by atoms with E-state index in [9.17, 15) is 9.18 Å². The molecule has 1 amide bonds. The zero-order valence-corrected chi connectivity index (χ0v) is 12.0. The Morgan fingerprint density at radius 1 is 1.32 bits per heavy atom. The minimum Gasteiger partial charge on any atom is -0.343 e. The third-order valence-electron chi connectivity index (χ3n) is 3.25. The molecule has 0 fully saturated rings. The van der Waals surface area contributed by atoms with Crippen LogP contribution in [0, 0.1) is 5.82 Å². The van der Waals surface area contributed by atoms with Crippen LogP contribution in [0.1, 0.15) is 15.9 Å². The van der Waals surface area contributed by atoms with Crippen molar-refractivity contribution in [2.24, 2.45) is 4.99 Å². The average Bonchev–Trinajstić information content (AvgIpc) is 2.88. The van der Waals surface area contributed by atoms with Gasteiger partial charge in [0.25, 0.3) is 5.91 Å². The Balaban J connectivity index is 1.81. The van der Waals surface area contributed by atoms with Crippen LogP contribution >= 0.6 is 11.6 Å². The van der Waals surface area contributed by atoms with Gasteiger partial charge < -0.3 is 5.32 Å². The lowest BCUT2D eigenvalue weighted by Gasteiger charge is -2.07. The van der Waals surface area contributed by atoms with E-state index in [2.05, 4.69) is 10.3 Å². The first-order chi connectivity index (χ1) is 10.6. The highest BCUT2D eigenvalue weighted by Gasteiger charge is 2.17. The molecule has 112 valence electrons. The zero-order chi connectivity index (χ0) is 15.7. The van der Waals surface area contributed by atoms with Gasteiger partial charge in [-0.1, -0.05) is 17.7 Å². The highest BCUT2D eigenvalue weighted by Crippen LogP contribution is 2.31. The number of amides is 1. The largest absolute Gasteiger partial charge is 0.343 e. The molecule has 0 aromatic heterocycles. The van der Waals surface area contributed by atoms with Gasteiger partial charge >= 0.3 is 0 Å². The first-order valence-electron chi connectivity index (χ1n) is 6.44. The summed E-state index contributed by atoms with van der Waals surface area (Å²) in [5.41, 5.74) is 3.88. The second-order valence-electron chi connectivity index (χ2n) is 4.78. The van der Waals surface area contributed by atoms with Crippen molar-refractivity contribution in [3.63, 3.8) is 0 Å². The lowest BCUT2D eigenvalue weighted by Crippen LogP contribution is -2.19. The van der Waals surface area contributed by atoms with E-state index >= 15 is 0 Å². The van der Waals surface area contributed by atoms with E-state index in [-0.39, 0.29) is 5.02 Å². The van der Waals surface area contributed by atoms with Gasteiger partial charge in [-0.15, -0.1) is 0 Å². The van der Waals surface area contributed by atoms with E-state index in [0.717, 1.165) is 5.56 Å². The number of nitrogens with zero attached hydrogens (tertiary/aromatic N) is 1. The number of nitrogens with one attached hydrogen (secondary N) is 2. The molecule has 0 aliphatic carbocycles. The maximum atomic E-state index is 13.4. The molecule has 7 heteroatoms. The Hall–Kier alpha value is -2.44. The average molecular weight is 320 g/mol. The molecular formula is C15H11ClFN3O2. The van der Waals surface area contributed by atoms with Gasteiger partial charge in [-0.2, -0.15) is 0 Å². The Morgan fingerprint density at radius 3 is 2.91 bits per heavy atom. The summed E-state index contributed by atoms with van der Waals surface area (Å²) in [6, 6.07) is 9.42. The van der Waals surface area contributed by atoms with Crippen molar-refractivity contribution in [1.29, 1.82) is 0 Å². The van der Waals surface area contributed by atoms with Gasteiger partial charge in [0.1, 0.15) is 11.7 Å². The number of fused-ring (bicyclic) bond motifs is 1. The number of amidine groups is 1. The van der Waals surface area contributed by atoms with Crippen LogP contribution in [-0.2, 0) is 6.42 Å². The lowest BCUT2D eigenvalue weighted by atomic mass is 10.1. The smallest absolute Gasteiger partial charge is 0.274 e. The molecule has 0 saturated heterocycles. The Labute approximate surface area is 130 Å². The summed E-state index contributed by atoms with van der Waals surface area (Å²) in [6.07, 6.45) is 0.492. The molecule has 0 bridgehead atoms. The van der Waals surface area contributed by atoms with E-state index in [1.165, 1.54) is 6.07 Å². The summed E-state index contributed by atoms with van der Waals surface area (Å²) in [5.74, 6) is -0.487. The molecule has 5 nitrogen and oxygen atoms in total. The molecule has 22 heavy (non-hydrogen) atoms. The van der Waals surface area contributed by atoms with Crippen LogP contribution in [0.3, 0.4) is 0 Å². The molecule has 3 rings (SSSR count). The lowest BCUT2D eigenvalue weighted by molar-refractivity contribution is 0.0706. The minimum absolute atomic E-state index is 0.0665. The zero-order valence-electron chi connectivity index (χ0n) is 11.2. The quantitative estimate of drug-likeness (QED) is 0.587. The molecule has 1 aliphatic rings. The molecular weight excluding hydrogens is 309 g/mol. The number of carbonyl (C=O) groups is 1. The predicted molar refractivity (Wildman–Crippen MR) is 81.5 cm³/mol. The molecule has 1 heterocycles. The number of hydroxylamine groups is 1. The summed E-state index contributed by atoms with van der Waals surface area (Å²) in [4.78, 5) is 15.7. The molecule has 2 aromatic rings. The second-order valence-corrected chi connectivity index (χ2v) is 5.18. The number of halogens is 2. The monoisotopic (exact) mass is 319 g/mol. The number of hydrogen-bond acceptors (Lipinski definition) is 4. The Kier molecular flexibility index (Phi) is 3.79. The molecule has 0 saturated carbocycles. The van der Waals surface area contributed by atoms with E-state index in [1.54, 1.807) is 35.8 Å². The van der Waals surface area contributed by atoms with Gasteiger partial charge in [0.2, 0.25) is 0 Å². The summed E-state index contributed by atoms with van der Waals surface area (Å²) < 4.78 is 13.4. The number of hydrogen-bond donors (Lipinski definition) is 3. The van der Waals surface area contributed by atoms with Crippen LogP contribution in [0.4, 0.5) is 15.8 Å². The molecule has 0 unspecified atom stereocenters. The third-order valence-corrected chi connectivity index (χ3v) is 3.54. The van der Waals surface area contributed by atoms with Crippen molar-refractivity contribution in [2.75, 3.05) is 5.32 Å². The number of aliphatic imine (C=N–C) groups is 1. The number of anilines is 1. The first-order valence-corrected chi connectivity index (χ1v) is 6.81. The maximum absolute atomic E-state index is 13.4. The van der Waals surface area contributed by atoms with Crippen LogP contribution < -0.4 is 10.8 Å². The molecule has 1 aliphatic heterocycles. The summed E-state index contributed by atoms with van der Waals surface area (Å²) in [6.45, 7) is 0. The second kappa shape index (κ2) is 5.75. The molecule has 0 atom stereocenters. The van der Waals surface area contributed by atoms with Gasteiger partial charge in [0, 0.05) is 23.7 Å². The highest BCUT2D eigenvalue weighted by atomic mass is 35.5. The van der Waals surface area contributed by atoms with Crippen molar-refractivity contribution in [3.8, 4) is 0 Å². The fraction of sp³-hybridized carbons (Fsp3) is 0.0667. The maximum Gasteiger partial charge on any atom is 0.274 e. The number of benzene rings is 2. The minimum atomic E-state index is -0.603. The summed E-state index contributed by atoms with van der Waals surface area (Å²) in [7, 11) is 0. The predicted octanol–water partition coefficient (Wildman–Crippen LogP) is 3.30. The standard InChI is InChI=1S/C15H11ClFN3O2/c16-11-5-9-6-14(19-13(9)7-12(11)17)18-10-3-1-2-8(4-10)15(21)20-22/h1-5,7,22H,6H2,(H,18,19)(H,20,21). The van der Waals surface area contributed by atoms with Gasteiger partial charge in [0.15, 0.2) is 0 Å². The van der Waals surface area contributed by atoms with Crippen LogP contribution in [-0.4, -0.2) is 17.0 Å². The van der Waals surface area contributed by atoms with E-state index in [0.29, 0.717) is 29.2 Å². The van der Waals surface area contributed by atoms with Crippen molar-refractivity contribution < 1.29 is 14.4 Å². The van der Waals surface area contributed by atoms with Gasteiger partial charge in [0.05, 0.1) is 10.7 Å². The van der Waals surface area contributed by atoms with Crippen LogP contribution in [0.25, 0.3) is 0 Å². The third kappa shape index (κ3) is 2.79. The van der Waals surface area contributed by atoms with Crippen molar-refractivity contribution >= 4 is 34.7 Å². The van der Waals surface area contributed by atoms with Crippen LogP contribution in [0.5, 0.6) is 0 Å². The molecule has 3 N–H and O–H groups in total. The van der Waals surface area contributed by atoms with E-state index < -0.39 is 11.7 Å². The highest BCUT2D eigenvalue weighted by molar-refractivity contribution is 6.31. The number of carbonyl (C=O) groups excluding carboxylic acids is 1. The first kappa shape index (κ1) is 14.5.